The van der Waals surface area contributed by atoms with Crippen LogP contribution in [0.4, 0.5) is 6.01 Å². The molecule has 0 radical (unpaired) electrons. The van der Waals surface area contributed by atoms with Crippen LogP contribution in [0.25, 0.3) is 0 Å². The maximum atomic E-state index is 5.56. The number of rotatable bonds is 9. The number of nitrogens with one attached hydrogen (secondary N) is 1. The van der Waals surface area contributed by atoms with Crippen LogP contribution in [0.5, 0.6) is 0 Å². The third-order valence-electron chi connectivity index (χ3n) is 2.45. The van der Waals surface area contributed by atoms with Crippen LogP contribution in [0.1, 0.15) is 26.2 Å². The molecule has 0 spiro atoms. The number of nitrogens with zero attached hydrogens (tertiary/aromatic N) is 3. The molecule has 0 saturated heterocycles. The quantitative estimate of drug-likeness (QED) is 0.672. The lowest BCUT2D eigenvalue weighted by Crippen LogP contribution is -2.20. The van der Waals surface area contributed by atoms with E-state index in [2.05, 4.69) is 29.4 Å². The minimum atomic E-state index is 0.562. The highest BCUT2D eigenvalue weighted by molar-refractivity contribution is 5.21. The minimum Gasteiger partial charge on any atom is -0.407 e. The minimum absolute atomic E-state index is 0.562. The average Bonchev–Trinajstić information content (AvgIpc) is 2.77. The van der Waals surface area contributed by atoms with E-state index < -0.39 is 0 Å². The van der Waals surface area contributed by atoms with Gasteiger partial charge in [0.05, 0.1) is 6.54 Å². The number of methoxy groups -OCH3 is 1. The lowest BCUT2D eigenvalue weighted by molar-refractivity contribution is 0.196. The Morgan fingerprint density at radius 2 is 2.17 bits per heavy atom. The molecular formula is C12H24N4O2. The van der Waals surface area contributed by atoms with E-state index >= 15 is 0 Å². The van der Waals surface area contributed by atoms with Crippen LogP contribution in [0.2, 0.25) is 0 Å². The van der Waals surface area contributed by atoms with E-state index in [0.717, 1.165) is 26.1 Å². The summed E-state index contributed by atoms with van der Waals surface area (Å²) in [4.78, 5) is 1.94. The molecule has 104 valence electrons. The fourth-order valence-corrected chi connectivity index (χ4v) is 1.48. The largest absolute Gasteiger partial charge is 0.407 e. The summed E-state index contributed by atoms with van der Waals surface area (Å²) in [5, 5.41) is 11.3. The maximum absolute atomic E-state index is 5.56. The molecule has 0 fully saturated rings. The van der Waals surface area contributed by atoms with Gasteiger partial charge in [-0.25, -0.2) is 0 Å². The summed E-state index contributed by atoms with van der Waals surface area (Å²) in [6, 6.07) is 0.562. The van der Waals surface area contributed by atoms with Crippen LogP contribution in [0.3, 0.4) is 0 Å². The normalized spacial score (nSPS) is 11.2. The summed E-state index contributed by atoms with van der Waals surface area (Å²) in [7, 11) is 3.64. The van der Waals surface area contributed by atoms with Gasteiger partial charge in [-0.15, -0.1) is 5.10 Å². The SMILES string of the molecule is COCCCN(C)c1nnc(CNCC(C)C)o1. The van der Waals surface area contributed by atoms with Gasteiger partial charge in [-0.05, 0) is 18.9 Å². The Hall–Kier alpha value is -1.14. The van der Waals surface area contributed by atoms with Crippen LogP contribution in [-0.4, -0.2) is 44.1 Å². The van der Waals surface area contributed by atoms with E-state index in [0.29, 0.717) is 24.4 Å². The van der Waals surface area contributed by atoms with E-state index in [1.165, 1.54) is 0 Å². The summed E-state index contributed by atoms with van der Waals surface area (Å²) in [5.41, 5.74) is 0. The molecule has 0 aliphatic carbocycles. The number of anilines is 1. The molecule has 1 rings (SSSR count). The standard InChI is InChI=1S/C12H24N4O2/c1-10(2)8-13-9-11-14-15-12(18-11)16(3)6-5-7-17-4/h10,13H,5-9H2,1-4H3. The Morgan fingerprint density at radius 3 is 2.83 bits per heavy atom. The van der Waals surface area contributed by atoms with Gasteiger partial charge in [0.25, 0.3) is 0 Å². The Morgan fingerprint density at radius 1 is 1.39 bits per heavy atom. The number of hydrogen-bond donors (Lipinski definition) is 1. The third kappa shape index (κ3) is 5.46. The summed E-state index contributed by atoms with van der Waals surface area (Å²) in [6.07, 6.45) is 0.941. The predicted molar refractivity (Wildman–Crippen MR) is 70.6 cm³/mol. The molecule has 1 heterocycles. The van der Waals surface area contributed by atoms with Crippen LogP contribution < -0.4 is 10.2 Å². The highest BCUT2D eigenvalue weighted by Crippen LogP contribution is 2.10. The van der Waals surface area contributed by atoms with Crippen molar-refractivity contribution >= 4 is 6.01 Å². The molecule has 0 aromatic carbocycles. The summed E-state index contributed by atoms with van der Waals surface area (Å²) < 4.78 is 10.6. The van der Waals surface area contributed by atoms with Crippen molar-refractivity contribution in [2.75, 3.05) is 38.8 Å². The monoisotopic (exact) mass is 256 g/mol. The Kier molecular flexibility index (Phi) is 6.67. The molecule has 18 heavy (non-hydrogen) atoms. The second-order valence-corrected chi connectivity index (χ2v) is 4.77. The van der Waals surface area contributed by atoms with Crippen molar-refractivity contribution in [2.45, 2.75) is 26.8 Å². The van der Waals surface area contributed by atoms with Crippen LogP contribution in [-0.2, 0) is 11.3 Å². The Labute approximate surface area is 109 Å². The molecule has 0 aliphatic rings. The highest BCUT2D eigenvalue weighted by Gasteiger charge is 2.10. The van der Waals surface area contributed by atoms with Gasteiger partial charge in [-0.3, -0.25) is 0 Å². The van der Waals surface area contributed by atoms with Crippen molar-refractivity contribution in [1.82, 2.24) is 15.5 Å². The molecule has 6 nitrogen and oxygen atoms in total. The molecule has 1 aromatic heterocycles. The van der Waals surface area contributed by atoms with Crippen molar-refractivity contribution < 1.29 is 9.15 Å². The van der Waals surface area contributed by atoms with Gasteiger partial charge in [0, 0.05) is 27.3 Å². The number of ether oxygens (including phenoxy) is 1. The molecule has 1 aromatic rings. The first-order valence-corrected chi connectivity index (χ1v) is 6.36. The molecule has 0 aliphatic heterocycles. The fraction of sp³-hybridized carbons (Fsp3) is 0.833. The van der Waals surface area contributed by atoms with Crippen molar-refractivity contribution in [3.63, 3.8) is 0 Å². The average molecular weight is 256 g/mol. The summed E-state index contributed by atoms with van der Waals surface area (Å²) >= 11 is 0. The van der Waals surface area contributed by atoms with Crippen LogP contribution >= 0.6 is 0 Å². The van der Waals surface area contributed by atoms with Gasteiger partial charge in [0.1, 0.15) is 0 Å². The van der Waals surface area contributed by atoms with Crippen molar-refractivity contribution in [2.24, 2.45) is 5.92 Å². The van der Waals surface area contributed by atoms with E-state index in [1.807, 2.05) is 11.9 Å². The predicted octanol–water partition coefficient (Wildman–Crippen LogP) is 1.29. The van der Waals surface area contributed by atoms with Crippen molar-refractivity contribution in [1.29, 1.82) is 0 Å². The first-order valence-electron chi connectivity index (χ1n) is 6.36. The number of hydrogen-bond acceptors (Lipinski definition) is 6. The van der Waals surface area contributed by atoms with E-state index in [9.17, 15) is 0 Å². The van der Waals surface area contributed by atoms with Crippen molar-refractivity contribution in [3.8, 4) is 0 Å². The smallest absolute Gasteiger partial charge is 0.317 e. The van der Waals surface area contributed by atoms with E-state index in [1.54, 1.807) is 7.11 Å². The van der Waals surface area contributed by atoms with Crippen LogP contribution in [0.15, 0.2) is 4.42 Å². The summed E-state index contributed by atoms with van der Waals surface area (Å²) in [5.74, 6) is 1.24. The van der Waals surface area contributed by atoms with Crippen molar-refractivity contribution in [3.05, 3.63) is 5.89 Å². The van der Waals surface area contributed by atoms with Gasteiger partial charge >= 0.3 is 6.01 Å². The van der Waals surface area contributed by atoms with Crippen LogP contribution in [0, 0.1) is 5.92 Å². The molecular weight excluding hydrogens is 232 g/mol. The van der Waals surface area contributed by atoms with E-state index in [4.69, 9.17) is 9.15 Å². The van der Waals surface area contributed by atoms with Gasteiger partial charge in [-0.1, -0.05) is 18.9 Å². The number of aromatic nitrogens is 2. The zero-order chi connectivity index (χ0) is 13.4. The zero-order valence-electron chi connectivity index (χ0n) is 11.8. The third-order valence-corrected chi connectivity index (χ3v) is 2.45. The lowest BCUT2D eigenvalue weighted by atomic mass is 10.2. The maximum Gasteiger partial charge on any atom is 0.317 e. The molecule has 0 saturated carbocycles. The van der Waals surface area contributed by atoms with Gasteiger partial charge in [-0.2, -0.15) is 0 Å². The van der Waals surface area contributed by atoms with Gasteiger partial charge < -0.3 is 19.4 Å². The molecule has 0 amide bonds. The molecule has 0 bridgehead atoms. The topological polar surface area (TPSA) is 63.4 Å². The zero-order valence-corrected chi connectivity index (χ0v) is 11.8. The summed E-state index contributed by atoms with van der Waals surface area (Å²) in [6.45, 7) is 7.47. The van der Waals surface area contributed by atoms with Gasteiger partial charge in [0.15, 0.2) is 0 Å². The molecule has 0 atom stereocenters. The molecule has 1 N–H and O–H groups in total. The molecule has 0 unspecified atom stereocenters. The lowest BCUT2D eigenvalue weighted by Gasteiger charge is -2.12. The second kappa shape index (κ2) is 8.05. The Balaban J connectivity index is 2.32. The Bertz CT molecular complexity index is 328. The highest BCUT2D eigenvalue weighted by atomic mass is 16.5. The van der Waals surface area contributed by atoms with E-state index in [-0.39, 0.29) is 0 Å². The second-order valence-electron chi connectivity index (χ2n) is 4.77. The molecule has 6 heteroatoms. The van der Waals surface area contributed by atoms with Gasteiger partial charge in [0.2, 0.25) is 5.89 Å². The first-order chi connectivity index (χ1) is 8.63. The fourth-order valence-electron chi connectivity index (χ4n) is 1.48. The first kappa shape index (κ1) is 14.9.